The zero-order chi connectivity index (χ0) is 17.7. The first-order valence-corrected chi connectivity index (χ1v) is 9.57. The van der Waals surface area contributed by atoms with Crippen LogP contribution in [-0.2, 0) is 6.42 Å². The van der Waals surface area contributed by atoms with Gasteiger partial charge in [-0.05, 0) is 61.9 Å². The summed E-state index contributed by atoms with van der Waals surface area (Å²) < 4.78 is 5.31. The van der Waals surface area contributed by atoms with Crippen LogP contribution in [0.25, 0.3) is 0 Å². The molecule has 1 amide bonds. The Balaban J connectivity index is 1.60. The first kappa shape index (κ1) is 15.9. The Bertz CT molecular complexity index is 795. The fraction of sp³-hybridized carbons (Fsp3) is 0.476. The molecule has 1 aromatic heterocycles. The number of carbonyl (C=O) groups is 1. The molecule has 0 spiro atoms. The Morgan fingerprint density at radius 3 is 2.58 bits per heavy atom. The van der Waals surface area contributed by atoms with Gasteiger partial charge in [0.25, 0.3) is 0 Å². The molecule has 136 valence electrons. The lowest BCUT2D eigenvalue weighted by molar-refractivity contribution is -0.0134. The molecule has 6 rings (SSSR count). The number of fused-ring (bicyclic) bond motifs is 4. The van der Waals surface area contributed by atoms with Crippen LogP contribution in [0.1, 0.15) is 42.0 Å². The third kappa shape index (κ3) is 2.45. The lowest BCUT2D eigenvalue weighted by Crippen LogP contribution is -2.61. The third-order valence-corrected chi connectivity index (χ3v) is 6.63. The zero-order valence-corrected chi connectivity index (χ0v) is 14.8. The van der Waals surface area contributed by atoms with Gasteiger partial charge in [0, 0.05) is 11.6 Å². The monoisotopic (exact) mass is 352 g/mol. The predicted octanol–water partition coefficient (Wildman–Crippen LogP) is 3.76. The average molecular weight is 352 g/mol. The first-order valence-electron chi connectivity index (χ1n) is 9.57. The van der Waals surface area contributed by atoms with Gasteiger partial charge >= 0.3 is 6.09 Å². The van der Waals surface area contributed by atoms with Crippen LogP contribution in [0.15, 0.2) is 47.3 Å². The number of carboxylic acid groups (broad SMARTS) is 1. The summed E-state index contributed by atoms with van der Waals surface area (Å²) in [6.07, 6.45) is 6.93. The van der Waals surface area contributed by atoms with Crippen molar-refractivity contribution in [2.45, 2.75) is 43.8 Å². The molecule has 4 aliphatic heterocycles. The average Bonchev–Trinajstić information content (AvgIpc) is 3.21. The van der Waals surface area contributed by atoms with Crippen molar-refractivity contribution in [3.63, 3.8) is 0 Å². The molecule has 3 atom stereocenters. The molecule has 0 saturated carbocycles. The molecule has 3 fully saturated rings. The SMILES string of the molecule is O=C(O)N1C(c2ccoc2)c2ccccc2CC1C1CC2CCN1CC2. The van der Waals surface area contributed by atoms with Gasteiger partial charge in [0.15, 0.2) is 0 Å². The van der Waals surface area contributed by atoms with Crippen molar-refractivity contribution in [1.29, 1.82) is 0 Å². The van der Waals surface area contributed by atoms with E-state index >= 15 is 0 Å². The summed E-state index contributed by atoms with van der Waals surface area (Å²) in [5.74, 6) is 0.755. The number of furan rings is 1. The fourth-order valence-electron chi connectivity index (χ4n) is 5.41. The molecule has 0 radical (unpaired) electrons. The Hall–Kier alpha value is -2.27. The van der Waals surface area contributed by atoms with Crippen molar-refractivity contribution in [3.05, 3.63) is 59.5 Å². The molecule has 1 aromatic carbocycles. The van der Waals surface area contributed by atoms with Crippen LogP contribution in [0.4, 0.5) is 4.79 Å². The second kappa shape index (κ2) is 6.16. The maximum absolute atomic E-state index is 12.4. The molecular weight excluding hydrogens is 328 g/mol. The largest absolute Gasteiger partial charge is 0.472 e. The smallest absolute Gasteiger partial charge is 0.408 e. The number of hydrogen-bond donors (Lipinski definition) is 1. The minimum atomic E-state index is -0.835. The highest BCUT2D eigenvalue weighted by atomic mass is 16.4. The molecule has 5 heteroatoms. The minimum absolute atomic E-state index is 0.00889. The Morgan fingerprint density at radius 1 is 1.12 bits per heavy atom. The summed E-state index contributed by atoms with van der Waals surface area (Å²) in [5.41, 5.74) is 3.27. The normalized spacial score (nSPS) is 33.1. The summed E-state index contributed by atoms with van der Waals surface area (Å²) in [4.78, 5) is 16.6. The molecule has 2 aromatic rings. The van der Waals surface area contributed by atoms with Gasteiger partial charge in [0.2, 0.25) is 0 Å². The summed E-state index contributed by atoms with van der Waals surface area (Å²) in [6, 6.07) is 10.2. The molecule has 1 N–H and O–H groups in total. The number of benzene rings is 1. The predicted molar refractivity (Wildman–Crippen MR) is 97.1 cm³/mol. The lowest BCUT2D eigenvalue weighted by Gasteiger charge is -2.53. The second-order valence-corrected chi connectivity index (χ2v) is 7.90. The molecule has 0 aliphatic carbocycles. The van der Waals surface area contributed by atoms with E-state index in [1.165, 1.54) is 18.4 Å². The van der Waals surface area contributed by atoms with E-state index in [4.69, 9.17) is 4.42 Å². The summed E-state index contributed by atoms with van der Waals surface area (Å²) >= 11 is 0. The van der Waals surface area contributed by atoms with Gasteiger partial charge in [-0.1, -0.05) is 24.3 Å². The maximum Gasteiger partial charge on any atom is 0.408 e. The van der Waals surface area contributed by atoms with Crippen LogP contribution in [0.3, 0.4) is 0 Å². The van der Waals surface area contributed by atoms with E-state index in [0.29, 0.717) is 6.04 Å². The van der Waals surface area contributed by atoms with E-state index in [-0.39, 0.29) is 12.1 Å². The number of piperidine rings is 3. The van der Waals surface area contributed by atoms with Gasteiger partial charge in [0.1, 0.15) is 0 Å². The van der Waals surface area contributed by atoms with Gasteiger partial charge in [-0.3, -0.25) is 9.80 Å². The summed E-state index contributed by atoms with van der Waals surface area (Å²) in [6.45, 7) is 2.22. The second-order valence-electron chi connectivity index (χ2n) is 7.90. The summed E-state index contributed by atoms with van der Waals surface area (Å²) in [7, 11) is 0. The van der Waals surface area contributed by atoms with Crippen molar-refractivity contribution >= 4 is 6.09 Å². The molecule has 5 nitrogen and oxygen atoms in total. The fourth-order valence-corrected chi connectivity index (χ4v) is 5.41. The number of amides is 1. The van der Waals surface area contributed by atoms with Crippen molar-refractivity contribution < 1.29 is 14.3 Å². The van der Waals surface area contributed by atoms with Crippen molar-refractivity contribution in [2.75, 3.05) is 13.1 Å². The van der Waals surface area contributed by atoms with Crippen LogP contribution in [0, 0.1) is 5.92 Å². The van der Waals surface area contributed by atoms with Crippen molar-refractivity contribution in [2.24, 2.45) is 5.92 Å². The van der Waals surface area contributed by atoms with Gasteiger partial charge in [-0.2, -0.15) is 0 Å². The van der Waals surface area contributed by atoms with E-state index in [2.05, 4.69) is 23.1 Å². The molecule has 3 saturated heterocycles. The van der Waals surface area contributed by atoms with Crippen LogP contribution < -0.4 is 0 Å². The van der Waals surface area contributed by atoms with E-state index in [9.17, 15) is 9.90 Å². The van der Waals surface area contributed by atoms with Gasteiger partial charge in [-0.15, -0.1) is 0 Å². The minimum Gasteiger partial charge on any atom is -0.472 e. The van der Waals surface area contributed by atoms with Crippen LogP contribution >= 0.6 is 0 Å². The van der Waals surface area contributed by atoms with Crippen LogP contribution in [-0.4, -0.2) is 46.2 Å². The Labute approximate surface area is 153 Å². The number of nitrogens with zero attached hydrogens (tertiary/aromatic N) is 2. The van der Waals surface area contributed by atoms with Crippen molar-refractivity contribution in [1.82, 2.24) is 9.80 Å². The van der Waals surface area contributed by atoms with Gasteiger partial charge in [-0.25, -0.2) is 4.79 Å². The molecule has 5 heterocycles. The number of rotatable bonds is 2. The third-order valence-electron chi connectivity index (χ3n) is 6.63. The van der Waals surface area contributed by atoms with E-state index < -0.39 is 6.09 Å². The molecule has 26 heavy (non-hydrogen) atoms. The molecule has 2 bridgehead atoms. The topological polar surface area (TPSA) is 56.9 Å². The molecule has 3 unspecified atom stereocenters. The lowest BCUT2D eigenvalue weighted by atomic mass is 9.76. The van der Waals surface area contributed by atoms with Crippen LogP contribution in [0.5, 0.6) is 0 Å². The zero-order valence-electron chi connectivity index (χ0n) is 14.8. The molecule has 4 aliphatic rings. The van der Waals surface area contributed by atoms with Gasteiger partial charge in [0.05, 0.1) is 24.6 Å². The van der Waals surface area contributed by atoms with Gasteiger partial charge < -0.3 is 9.52 Å². The number of hydrogen-bond acceptors (Lipinski definition) is 3. The standard InChI is InChI=1S/C21H24N2O3/c24-21(25)23-19(18-11-14-5-8-22(18)9-6-14)12-15-3-1-2-4-17(15)20(23)16-7-10-26-13-16/h1-4,7,10,13-14,18-20H,5-6,8-9,11-12H2,(H,24,25). The Morgan fingerprint density at radius 2 is 1.92 bits per heavy atom. The van der Waals surface area contributed by atoms with Crippen LogP contribution in [0.2, 0.25) is 0 Å². The highest BCUT2D eigenvalue weighted by Crippen LogP contribution is 2.43. The Kier molecular flexibility index (Phi) is 3.78. The highest BCUT2D eigenvalue weighted by molar-refractivity contribution is 5.68. The van der Waals surface area contributed by atoms with E-state index in [1.807, 2.05) is 12.1 Å². The van der Waals surface area contributed by atoms with E-state index in [1.54, 1.807) is 17.4 Å². The highest BCUT2D eigenvalue weighted by Gasteiger charge is 2.46. The first-order chi connectivity index (χ1) is 12.7. The van der Waals surface area contributed by atoms with E-state index in [0.717, 1.165) is 43.0 Å². The summed E-state index contributed by atoms with van der Waals surface area (Å²) in [5, 5.41) is 10.2. The quantitative estimate of drug-likeness (QED) is 0.894. The molecular formula is C21H24N2O3. The maximum atomic E-state index is 12.4. The van der Waals surface area contributed by atoms with Crippen molar-refractivity contribution in [3.8, 4) is 0 Å².